The van der Waals surface area contributed by atoms with Gasteiger partial charge in [0.25, 0.3) is 0 Å². The Morgan fingerprint density at radius 2 is 1.67 bits per heavy atom. The fraction of sp³-hybridized carbons (Fsp3) is 0.143. The molecule has 0 aliphatic carbocycles. The average molecular weight is 191 g/mol. The quantitative estimate of drug-likeness (QED) is 0.605. The molecule has 0 aliphatic rings. The number of hydrogen-bond donors (Lipinski definition) is 1. The van der Waals surface area contributed by atoms with E-state index >= 15 is 0 Å². The molecule has 0 saturated carbocycles. The first-order chi connectivity index (χ1) is 5.13. The van der Waals surface area contributed by atoms with Crippen LogP contribution >= 0.6 is 0 Å². The van der Waals surface area contributed by atoms with Crippen LogP contribution in [0.1, 0.15) is 5.56 Å². The second-order valence-corrected chi connectivity index (χ2v) is 2.31. The highest BCUT2D eigenvalue weighted by atomic mass is 32.2. The molecule has 3 N–H and O–H groups in total. The van der Waals surface area contributed by atoms with Gasteiger partial charge in [-0.05, 0) is 6.92 Å². The molecular formula is C7H11O4S-. The number of rotatable bonds is 0. The van der Waals surface area contributed by atoms with Crippen LogP contribution in [0.4, 0.5) is 0 Å². The highest BCUT2D eigenvalue weighted by molar-refractivity contribution is 7.73. The third-order valence-electron chi connectivity index (χ3n) is 0.940. The van der Waals surface area contributed by atoms with Crippen molar-refractivity contribution in [2.24, 2.45) is 0 Å². The Balaban J connectivity index is 0. The summed E-state index contributed by atoms with van der Waals surface area (Å²) in [4.78, 5) is 0. The monoisotopic (exact) mass is 191 g/mol. The summed E-state index contributed by atoms with van der Waals surface area (Å²) in [5.74, 6) is 0. The van der Waals surface area contributed by atoms with E-state index < -0.39 is 11.4 Å². The first-order valence-electron chi connectivity index (χ1n) is 2.93. The Hall–Kier alpha value is -0.750. The van der Waals surface area contributed by atoms with Gasteiger partial charge in [0.1, 0.15) is 0 Å². The first kappa shape index (κ1) is 13.8. The Labute approximate surface area is 73.7 Å². The van der Waals surface area contributed by atoms with Crippen molar-refractivity contribution in [3.8, 4) is 0 Å². The minimum absolute atomic E-state index is 0. The van der Waals surface area contributed by atoms with Gasteiger partial charge in [-0.3, -0.25) is 0 Å². The molecule has 0 aromatic heterocycles. The van der Waals surface area contributed by atoms with Crippen molar-refractivity contribution in [3.05, 3.63) is 35.9 Å². The lowest BCUT2D eigenvalue weighted by atomic mass is 10.2. The van der Waals surface area contributed by atoms with Gasteiger partial charge < -0.3 is 14.6 Å². The highest BCUT2D eigenvalue weighted by Crippen LogP contribution is 1.92. The molecule has 0 heterocycles. The van der Waals surface area contributed by atoms with E-state index in [0.29, 0.717) is 0 Å². The van der Waals surface area contributed by atoms with Crippen LogP contribution in [0, 0.1) is 6.92 Å². The first-order valence-corrected chi connectivity index (χ1v) is 3.96. The second-order valence-electron chi connectivity index (χ2n) is 1.87. The minimum atomic E-state index is -2.86. The summed E-state index contributed by atoms with van der Waals surface area (Å²) >= 11 is -2.86. The summed E-state index contributed by atoms with van der Waals surface area (Å²) in [5, 5.41) is 0. The molecule has 1 unspecified atom stereocenters. The van der Waals surface area contributed by atoms with Crippen LogP contribution < -0.4 is 0 Å². The molecule has 0 radical (unpaired) electrons. The summed E-state index contributed by atoms with van der Waals surface area (Å²) in [6.07, 6.45) is 0. The molecule has 1 atom stereocenters. The Kier molecular flexibility index (Phi) is 9.61. The molecule has 4 nitrogen and oxygen atoms in total. The fourth-order valence-corrected chi connectivity index (χ4v) is 0.534. The average Bonchev–Trinajstić information content (AvgIpc) is 1.87. The summed E-state index contributed by atoms with van der Waals surface area (Å²) < 4.78 is 24.1. The van der Waals surface area contributed by atoms with Gasteiger partial charge in [-0.2, -0.15) is 0 Å². The Morgan fingerprint density at radius 1 is 1.33 bits per heavy atom. The second kappa shape index (κ2) is 8.35. The fourth-order valence-electron chi connectivity index (χ4n) is 0.534. The van der Waals surface area contributed by atoms with Crippen LogP contribution in [0.15, 0.2) is 30.3 Å². The molecule has 0 aliphatic heterocycles. The van der Waals surface area contributed by atoms with Crippen LogP contribution in [0.25, 0.3) is 0 Å². The summed E-state index contributed by atoms with van der Waals surface area (Å²) in [5.41, 5.74) is 1.32. The van der Waals surface area contributed by atoms with Crippen LogP contribution in [0.5, 0.6) is 0 Å². The van der Waals surface area contributed by atoms with Gasteiger partial charge in [-0.15, -0.1) is 0 Å². The van der Waals surface area contributed by atoms with Gasteiger partial charge in [0.2, 0.25) is 0 Å². The zero-order chi connectivity index (χ0) is 8.69. The van der Waals surface area contributed by atoms with Gasteiger partial charge in [-0.1, -0.05) is 35.9 Å². The van der Waals surface area contributed by atoms with E-state index in [0.717, 1.165) is 0 Å². The molecule has 1 aromatic rings. The van der Waals surface area contributed by atoms with Gasteiger partial charge in [0.15, 0.2) is 0 Å². The van der Waals surface area contributed by atoms with Crippen LogP contribution in [0.3, 0.4) is 0 Å². The van der Waals surface area contributed by atoms with Crippen molar-refractivity contribution < 1.29 is 18.8 Å². The van der Waals surface area contributed by atoms with E-state index in [1.807, 2.05) is 18.2 Å². The molecule has 0 amide bonds. The molecular weight excluding hydrogens is 180 g/mol. The topological polar surface area (TPSA) is 91.9 Å². The van der Waals surface area contributed by atoms with Crippen molar-refractivity contribution in [2.45, 2.75) is 6.92 Å². The minimum Gasteiger partial charge on any atom is -0.750 e. The van der Waals surface area contributed by atoms with Crippen LogP contribution in [-0.4, -0.2) is 18.8 Å². The maximum absolute atomic E-state index is 8.56. The Bertz CT molecular complexity index is 208. The molecule has 1 rings (SSSR count). The molecule has 1 aromatic carbocycles. The van der Waals surface area contributed by atoms with Crippen LogP contribution in [0.2, 0.25) is 0 Å². The lowest BCUT2D eigenvalue weighted by Gasteiger charge is -1.83. The number of hydrogen-bond acceptors (Lipinski definition) is 2. The standard InChI is InChI=1S/C7H8.H2O3S.H2O/c1-7-5-3-2-4-6-7;1-4(2)3;/h2-6H,1H3;(H2,1,2,3);1H2/p-1. The van der Waals surface area contributed by atoms with E-state index in [1.165, 1.54) is 5.56 Å². The third kappa shape index (κ3) is 12.0. The molecule has 70 valence electrons. The lowest BCUT2D eigenvalue weighted by Crippen LogP contribution is -1.75. The maximum atomic E-state index is 8.56. The van der Waals surface area contributed by atoms with E-state index in [9.17, 15) is 0 Å². The zero-order valence-corrected chi connectivity index (χ0v) is 7.38. The molecule has 0 saturated heterocycles. The molecule has 0 bridgehead atoms. The summed E-state index contributed by atoms with van der Waals surface area (Å²) in [7, 11) is 0. The smallest absolute Gasteiger partial charge is 0.0814 e. The van der Waals surface area contributed by atoms with Gasteiger partial charge in [-0.25, -0.2) is 4.21 Å². The zero-order valence-electron chi connectivity index (χ0n) is 6.56. The van der Waals surface area contributed by atoms with Crippen molar-refractivity contribution in [1.29, 1.82) is 0 Å². The summed E-state index contributed by atoms with van der Waals surface area (Å²) in [6, 6.07) is 10.3. The normalized spacial score (nSPS) is 10.2. The predicted octanol–water partition coefficient (Wildman–Crippen LogP) is 0.509. The van der Waals surface area contributed by atoms with Crippen molar-refractivity contribution >= 4 is 11.4 Å². The highest BCUT2D eigenvalue weighted by Gasteiger charge is 1.72. The number of benzene rings is 1. The van der Waals surface area contributed by atoms with Crippen molar-refractivity contribution in [1.82, 2.24) is 0 Å². The molecule has 0 spiro atoms. The molecule has 12 heavy (non-hydrogen) atoms. The van der Waals surface area contributed by atoms with Crippen molar-refractivity contribution in [2.75, 3.05) is 0 Å². The lowest BCUT2D eigenvalue weighted by molar-refractivity contribution is 0.436. The predicted molar refractivity (Wildman–Crippen MR) is 46.3 cm³/mol. The van der Waals surface area contributed by atoms with E-state index in [1.54, 1.807) is 0 Å². The van der Waals surface area contributed by atoms with E-state index in [2.05, 4.69) is 19.1 Å². The van der Waals surface area contributed by atoms with Crippen molar-refractivity contribution in [3.63, 3.8) is 0 Å². The number of aryl methyl sites for hydroxylation is 1. The van der Waals surface area contributed by atoms with Crippen LogP contribution in [-0.2, 0) is 11.4 Å². The molecule has 5 heteroatoms. The SMILES string of the molecule is Cc1ccccc1.O.O=S([O-])O. The maximum Gasteiger partial charge on any atom is 0.0814 e. The van der Waals surface area contributed by atoms with Gasteiger partial charge in [0, 0.05) is 0 Å². The van der Waals surface area contributed by atoms with E-state index in [-0.39, 0.29) is 5.48 Å². The summed E-state index contributed by atoms with van der Waals surface area (Å²) in [6.45, 7) is 2.08. The Morgan fingerprint density at radius 3 is 1.83 bits per heavy atom. The largest absolute Gasteiger partial charge is 0.750 e. The van der Waals surface area contributed by atoms with Gasteiger partial charge >= 0.3 is 0 Å². The van der Waals surface area contributed by atoms with Gasteiger partial charge in [0.05, 0.1) is 11.4 Å². The molecule has 0 fully saturated rings. The third-order valence-corrected chi connectivity index (χ3v) is 0.940. The van der Waals surface area contributed by atoms with E-state index in [4.69, 9.17) is 13.3 Å².